The molecule has 1 atom stereocenters. The van der Waals surface area contributed by atoms with Crippen molar-refractivity contribution in [2.24, 2.45) is 0 Å². The first-order chi connectivity index (χ1) is 24.7. The maximum Gasteiger partial charge on any atom is 0.272 e. The largest absolute Gasteiger partial charge is 0.321 e. The number of anilines is 2. The smallest absolute Gasteiger partial charge is 0.272 e. The van der Waals surface area contributed by atoms with Gasteiger partial charge in [-0.25, -0.2) is 4.98 Å². The highest BCUT2D eigenvalue weighted by atomic mass is 35.5. The third-order valence-electron chi connectivity index (χ3n) is 7.54. The van der Waals surface area contributed by atoms with Crippen molar-refractivity contribution in [1.29, 1.82) is 0 Å². The second-order valence-electron chi connectivity index (χ2n) is 11.3. The summed E-state index contributed by atoms with van der Waals surface area (Å²) in [5.74, 6) is -1.18. The summed E-state index contributed by atoms with van der Waals surface area (Å²) in [5, 5.41) is 11.2. The molecule has 51 heavy (non-hydrogen) atoms. The van der Waals surface area contributed by atoms with Crippen molar-refractivity contribution in [3.8, 4) is 11.3 Å². The molecule has 0 spiro atoms. The van der Waals surface area contributed by atoms with E-state index in [9.17, 15) is 14.4 Å². The summed E-state index contributed by atoms with van der Waals surface area (Å²) in [6.07, 6.45) is 1.63. The molecule has 0 aliphatic carbocycles. The van der Waals surface area contributed by atoms with Crippen LogP contribution in [0.25, 0.3) is 17.3 Å². The van der Waals surface area contributed by atoms with Crippen molar-refractivity contribution in [2.45, 2.75) is 17.1 Å². The standard InChI is InChI=1S/C40H30Cl2N4O3S2/c1-25-15-17-26(18-16-25)21-34(44-37(47)28-11-6-3-7-12-28)38(48)43-30-13-8-14-31(23-30)51-36(27-9-4-2-5-10-27)39(49)46-40-45-35(24-50-40)32-20-19-29(41)22-33(32)42/h2-24,36H,1H3,(H,43,48)(H,44,47)(H,45,46,49)/b34-21-. The Labute approximate surface area is 313 Å². The van der Waals surface area contributed by atoms with Gasteiger partial charge in [-0.05, 0) is 72.7 Å². The van der Waals surface area contributed by atoms with Gasteiger partial charge in [0.05, 0.1) is 10.7 Å². The fraction of sp³-hybridized carbons (Fsp3) is 0.0500. The van der Waals surface area contributed by atoms with Gasteiger partial charge in [-0.3, -0.25) is 14.4 Å². The molecule has 11 heteroatoms. The number of aryl methyl sites for hydroxylation is 1. The molecule has 0 aliphatic rings. The van der Waals surface area contributed by atoms with Crippen LogP contribution in [0.2, 0.25) is 10.0 Å². The van der Waals surface area contributed by atoms with Gasteiger partial charge in [0.15, 0.2) is 5.13 Å². The number of amides is 3. The number of thiazole rings is 1. The molecule has 0 aliphatic heterocycles. The lowest BCUT2D eigenvalue weighted by atomic mass is 10.1. The molecule has 6 aromatic rings. The summed E-state index contributed by atoms with van der Waals surface area (Å²) in [6, 6.07) is 38.1. The Hall–Kier alpha value is -5.19. The zero-order valence-corrected chi connectivity index (χ0v) is 30.2. The molecule has 1 aromatic heterocycles. The number of halogens is 2. The number of carbonyl (C=O) groups excluding carboxylic acids is 3. The van der Waals surface area contributed by atoms with Crippen LogP contribution in [0.3, 0.4) is 0 Å². The van der Waals surface area contributed by atoms with Crippen LogP contribution in [-0.2, 0) is 9.59 Å². The lowest BCUT2D eigenvalue weighted by molar-refractivity contribution is -0.116. The summed E-state index contributed by atoms with van der Waals surface area (Å²) in [4.78, 5) is 45.9. The molecule has 0 fully saturated rings. The van der Waals surface area contributed by atoms with Gasteiger partial charge in [-0.1, -0.05) is 108 Å². The Morgan fingerprint density at radius 1 is 0.804 bits per heavy atom. The number of rotatable bonds is 11. The normalized spacial score (nSPS) is 11.8. The average molecular weight is 750 g/mol. The Kier molecular flexibility index (Phi) is 11.7. The predicted octanol–water partition coefficient (Wildman–Crippen LogP) is 10.3. The van der Waals surface area contributed by atoms with Gasteiger partial charge >= 0.3 is 0 Å². The molecule has 3 N–H and O–H groups in total. The van der Waals surface area contributed by atoms with E-state index in [4.69, 9.17) is 23.2 Å². The maximum atomic E-state index is 13.8. The van der Waals surface area contributed by atoms with Crippen LogP contribution in [0.4, 0.5) is 10.8 Å². The van der Waals surface area contributed by atoms with Crippen LogP contribution in [0.15, 0.2) is 143 Å². The Morgan fingerprint density at radius 2 is 1.53 bits per heavy atom. The molecule has 1 heterocycles. The van der Waals surface area contributed by atoms with Gasteiger partial charge in [0.1, 0.15) is 10.9 Å². The van der Waals surface area contributed by atoms with Crippen LogP contribution >= 0.6 is 46.3 Å². The highest BCUT2D eigenvalue weighted by Crippen LogP contribution is 2.38. The van der Waals surface area contributed by atoms with Gasteiger partial charge in [0.25, 0.3) is 11.8 Å². The molecule has 5 aromatic carbocycles. The third-order valence-corrected chi connectivity index (χ3v) is 10.1. The second kappa shape index (κ2) is 16.7. The van der Waals surface area contributed by atoms with Crippen LogP contribution in [0.1, 0.15) is 32.3 Å². The van der Waals surface area contributed by atoms with Crippen molar-refractivity contribution < 1.29 is 14.4 Å². The first kappa shape index (κ1) is 35.6. The summed E-state index contributed by atoms with van der Waals surface area (Å²) in [7, 11) is 0. The van der Waals surface area contributed by atoms with E-state index >= 15 is 0 Å². The summed E-state index contributed by atoms with van der Waals surface area (Å²) in [5.41, 5.74) is 4.94. The SMILES string of the molecule is Cc1ccc(/C=C(\NC(=O)c2ccccc2)C(=O)Nc2cccc(SC(C(=O)Nc3nc(-c4ccc(Cl)cc4Cl)cs3)c3ccccc3)c2)cc1. The predicted molar refractivity (Wildman–Crippen MR) is 209 cm³/mol. The molecule has 0 radical (unpaired) electrons. The van der Waals surface area contributed by atoms with E-state index in [-0.39, 0.29) is 11.6 Å². The molecule has 7 nitrogen and oxygen atoms in total. The summed E-state index contributed by atoms with van der Waals surface area (Å²) >= 11 is 15.1. The minimum absolute atomic E-state index is 0.0787. The van der Waals surface area contributed by atoms with E-state index in [1.54, 1.807) is 66.7 Å². The monoisotopic (exact) mass is 748 g/mol. The second-order valence-corrected chi connectivity index (χ2v) is 14.2. The van der Waals surface area contributed by atoms with E-state index in [1.165, 1.54) is 23.1 Å². The third kappa shape index (κ3) is 9.53. The number of carbonyl (C=O) groups is 3. The van der Waals surface area contributed by atoms with Gasteiger partial charge in [-0.15, -0.1) is 23.1 Å². The minimum atomic E-state index is -0.647. The van der Waals surface area contributed by atoms with Crippen LogP contribution < -0.4 is 16.0 Å². The molecule has 0 bridgehead atoms. The molecule has 3 amide bonds. The number of nitrogens with one attached hydrogen (secondary N) is 3. The van der Waals surface area contributed by atoms with E-state index in [0.717, 1.165) is 21.6 Å². The molecule has 0 saturated heterocycles. The lowest BCUT2D eigenvalue weighted by Crippen LogP contribution is -2.30. The Balaban J connectivity index is 1.21. The lowest BCUT2D eigenvalue weighted by Gasteiger charge is -2.17. The molecule has 254 valence electrons. The number of aromatic nitrogens is 1. The molecular formula is C40H30Cl2N4O3S2. The van der Waals surface area contributed by atoms with Crippen LogP contribution in [0, 0.1) is 6.92 Å². The fourth-order valence-corrected chi connectivity index (χ4v) is 7.28. The number of benzene rings is 5. The number of thioether (sulfide) groups is 1. The maximum absolute atomic E-state index is 13.8. The fourth-order valence-electron chi connectivity index (χ4n) is 4.98. The van der Waals surface area contributed by atoms with E-state index in [0.29, 0.717) is 37.7 Å². The van der Waals surface area contributed by atoms with Crippen molar-refractivity contribution in [1.82, 2.24) is 10.3 Å². The molecule has 1 unspecified atom stereocenters. The van der Waals surface area contributed by atoms with Crippen molar-refractivity contribution in [3.63, 3.8) is 0 Å². The van der Waals surface area contributed by atoms with Crippen molar-refractivity contribution in [3.05, 3.63) is 171 Å². The van der Waals surface area contributed by atoms with Gasteiger partial charge in [0.2, 0.25) is 5.91 Å². The zero-order valence-electron chi connectivity index (χ0n) is 27.1. The van der Waals surface area contributed by atoms with Gasteiger partial charge in [0, 0.05) is 32.1 Å². The number of nitrogens with zero attached hydrogens (tertiary/aromatic N) is 1. The van der Waals surface area contributed by atoms with E-state index in [2.05, 4.69) is 20.9 Å². The van der Waals surface area contributed by atoms with Crippen LogP contribution in [0.5, 0.6) is 0 Å². The molecule has 0 saturated carbocycles. The van der Waals surface area contributed by atoms with Crippen molar-refractivity contribution in [2.75, 3.05) is 10.6 Å². The molecular weight excluding hydrogens is 720 g/mol. The first-order valence-corrected chi connectivity index (χ1v) is 18.2. The van der Waals surface area contributed by atoms with E-state index in [1.807, 2.05) is 79.0 Å². The summed E-state index contributed by atoms with van der Waals surface area (Å²) < 4.78 is 0. The zero-order chi connectivity index (χ0) is 35.7. The Bertz CT molecular complexity index is 2210. The van der Waals surface area contributed by atoms with Crippen LogP contribution in [-0.4, -0.2) is 22.7 Å². The van der Waals surface area contributed by atoms with Crippen molar-refractivity contribution >= 4 is 80.9 Å². The Morgan fingerprint density at radius 3 is 2.25 bits per heavy atom. The van der Waals surface area contributed by atoms with Gasteiger partial charge < -0.3 is 16.0 Å². The molecule has 6 rings (SSSR count). The minimum Gasteiger partial charge on any atom is -0.321 e. The van der Waals surface area contributed by atoms with Gasteiger partial charge in [-0.2, -0.15) is 0 Å². The average Bonchev–Trinajstić information content (AvgIpc) is 3.59. The quantitative estimate of drug-likeness (QED) is 0.0905. The number of hydrogen-bond acceptors (Lipinski definition) is 6. The topological polar surface area (TPSA) is 100 Å². The number of hydrogen-bond donors (Lipinski definition) is 3. The highest BCUT2D eigenvalue weighted by molar-refractivity contribution is 8.00. The highest BCUT2D eigenvalue weighted by Gasteiger charge is 2.24. The summed E-state index contributed by atoms with van der Waals surface area (Å²) in [6.45, 7) is 1.98. The first-order valence-electron chi connectivity index (χ1n) is 15.7. The van der Waals surface area contributed by atoms with E-state index < -0.39 is 17.1 Å².